The molecule has 3 heteroatoms. The second kappa shape index (κ2) is 8.54. The maximum absolute atomic E-state index is 5.46. The first-order valence-electron chi connectivity index (χ1n) is 6.33. The van der Waals surface area contributed by atoms with Crippen LogP contribution in [0.25, 0.3) is 0 Å². The molecule has 0 saturated carbocycles. The van der Waals surface area contributed by atoms with Gasteiger partial charge >= 0.3 is 0 Å². The fourth-order valence-corrected chi connectivity index (χ4v) is 2.34. The molecule has 1 aromatic rings. The summed E-state index contributed by atoms with van der Waals surface area (Å²) < 4.78 is 6.62. The molecule has 0 aliphatic carbocycles. The van der Waals surface area contributed by atoms with Crippen molar-refractivity contribution in [1.29, 1.82) is 0 Å². The largest absolute Gasteiger partial charge is 0.494 e. The Bertz CT molecular complexity index is 328. The summed E-state index contributed by atoms with van der Waals surface area (Å²) >= 11 is 3.61. The molecule has 0 aliphatic heterocycles. The first-order chi connectivity index (χ1) is 8.27. The lowest BCUT2D eigenvalue weighted by Gasteiger charge is -2.08. The lowest BCUT2D eigenvalue weighted by atomic mass is 10.1. The van der Waals surface area contributed by atoms with E-state index in [1.807, 2.05) is 14.0 Å². The van der Waals surface area contributed by atoms with Gasteiger partial charge in [0.1, 0.15) is 5.75 Å². The average Bonchev–Trinajstić information content (AvgIpc) is 2.32. The Morgan fingerprint density at radius 3 is 2.71 bits per heavy atom. The third-order valence-corrected chi connectivity index (χ3v) is 3.45. The molecule has 0 unspecified atom stereocenters. The van der Waals surface area contributed by atoms with Crippen LogP contribution in [0.1, 0.15) is 31.7 Å². The van der Waals surface area contributed by atoms with E-state index in [0.29, 0.717) is 0 Å². The quantitative estimate of drug-likeness (QED) is 0.738. The number of ether oxygens (including phenoxy) is 1. The van der Waals surface area contributed by atoms with Crippen molar-refractivity contribution in [3.05, 3.63) is 28.2 Å². The molecule has 96 valence electrons. The van der Waals surface area contributed by atoms with Crippen LogP contribution in [-0.2, 0) is 6.42 Å². The molecule has 0 aromatic heterocycles. The van der Waals surface area contributed by atoms with Crippen LogP contribution in [0, 0.1) is 0 Å². The molecule has 0 spiro atoms. The van der Waals surface area contributed by atoms with Crippen LogP contribution in [0.5, 0.6) is 5.75 Å². The molecule has 1 aromatic carbocycles. The molecule has 0 aliphatic rings. The second-order valence-electron chi connectivity index (χ2n) is 4.10. The van der Waals surface area contributed by atoms with Crippen molar-refractivity contribution in [2.45, 2.75) is 32.6 Å². The minimum absolute atomic E-state index is 0.718. The van der Waals surface area contributed by atoms with Gasteiger partial charge in [-0.05, 0) is 57.5 Å². The lowest BCUT2D eigenvalue weighted by molar-refractivity contribution is 0.340. The second-order valence-corrected chi connectivity index (χ2v) is 4.95. The van der Waals surface area contributed by atoms with Crippen LogP contribution in [0.2, 0.25) is 0 Å². The Kier molecular flexibility index (Phi) is 7.29. The van der Waals surface area contributed by atoms with Crippen molar-refractivity contribution >= 4 is 15.9 Å². The number of hydrogen-bond donors (Lipinski definition) is 1. The fraction of sp³-hybridized carbons (Fsp3) is 0.571. The number of rotatable bonds is 8. The third-order valence-electron chi connectivity index (χ3n) is 2.71. The van der Waals surface area contributed by atoms with Crippen LogP contribution in [0.15, 0.2) is 22.7 Å². The summed E-state index contributed by atoms with van der Waals surface area (Å²) in [6.07, 6.45) is 4.91. The number of hydrogen-bond acceptors (Lipinski definition) is 2. The average molecular weight is 300 g/mol. The third kappa shape index (κ3) is 5.55. The van der Waals surface area contributed by atoms with Gasteiger partial charge in [0, 0.05) is 4.47 Å². The standard InChI is InChI=1S/C14H22BrNO/c1-3-17-13-9-8-12(14(15)11-13)7-5-4-6-10-16-2/h8-9,11,16H,3-7,10H2,1-2H3. The van der Waals surface area contributed by atoms with Crippen molar-refractivity contribution in [3.8, 4) is 5.75 Å². The molecule has 0 bridgehead atoms. The monoisotopic (exact) mass is 299 g/mol. The zero-order valence-corrected chi connectivity index (χ0v) is 12.3. The molecule has 0 atom stereocenters. The summed E-state index contributed by atoms with van der Waals surface area (Å²) in [6, 6.07) is 6.27. The molecule has 0 heterocycles. The predicted octanol–water partition coefficient (Wildman–Crippen LogP) is 3.78. The molecular formula is C14H22BrNO. The highest BCUT2D eigenvalue weighted by molar-refractivity contribution is 9.10. The van der Waals surface area contributed by atoms with E-state index in [1.54, 1.807) is 0 Å². The van der Waals surface area contributed by atoms with E-state index in [4.69, 9.17) is 4.74 Å². The van der Waals surface area contributed by atoms with E-state index >= 15 is 0 Å². The number of aryl methyl sites for hydroxylation is 1. The van der Waals surface area contributed by atoms with E-state index in [9.17, 15) is 0 Å². The Hall–Kier alpha value is -0.540. The number of unbranched alkanes of at least 4 members (excludes halogenated alkanes) is 2. The topological polar surface area (TPSA) is 21.3 Å². The summed E-state index contributed by atoms with van der Waals surface area (Å²) in [4.78, 5) is 0. The van der Waals surface area contributed by atoms with Gasteiger partial charge in [-0.3, -0.25) is 0 Å². The molecule has 0 fully saturated rings. The maximum atomic E-state index is 5.46. The van der Waals surface area contributed by atoms with E-state index in [-0.39, 0.29) is 0 Å². The van der Waals surface area contributed by atoms with Gasteiger partial charge in [0.25, 0.3) is 0 Å². The number of halogens is 1. The van der Waals surface area contributed by atoms with Crippen molar-refractivity contribution in [3.63, 3.8) is 0 Å². The number of nitrogens with one attached hydrogen (secondary N) is 1. The summed E-state index contributed by atoms with van der Waals surface area (Å²) in [6.45, 7) is 3.84. The van der Waals surface area contributed by atoms with Crippen LogP contribution < -0.4 is 10.1 Å². The van der Waals surface area contributed by atoms with E-state index in [0.717, 1.165) is 29.8 Å². The minimum Gasteiger partial charge on any atom is -0.494 e. The number of benzene rings is 1. The molecule has 1 N–H and O–H groups in total. The van der Waals surface area contributed by atoms with Crippen molar-refractivity contribution in [2.24, 2.45) is 0 Å². The zero-order valence-electron chi connectivity index (χ0n) is 10.8. The minimum atomic E-state index is 0.718. The molecule has 0 saturated heterocycles. The van der Waals surface area contributed by atoms with Gasteiger partial charge in [-0.2, -0.15) is 0 Å². The first-order valence-corrected chi connectivity index (χ1v) is 7.13. The SMILES string of the molecule is CCOc1ccc(CCCCCNC)c(Br)c1. The Balaban J connectivity index is 2.38. The smallest absolute Gasteiger partial charge is 0.120 e. The highest BCUT2D eigenvalue weighted by atomic mass is 79.9. The first kappa shape index (κ1) is 14.5. The van der Waals surface area contributed by atoms with Crippen molar-refractivity contribution < 1.29 is 4.74 Å². The van der Waals surface area contributed by atoms with Gasteiger partial charge in [0.2, 0.25) is 0 Å². The van der Waals surface area contributed by atoms with E-state index in [1.165, 1.54) is 24.8 Å². The van der Waals surface area contributed by atoms with Gasteiger partial charge in [0.05, 0.1) is 6.61 Å². The Morgan fingerprint density at radius 1 is 1.24 bits per heavy atom. The summed E-state index contributed by atoms with van der Waals surface area (Å²) in [5.41, 5.74) is 1.37. The van der Waals surface area contributed by atoms with Crippen molar-refractivity contribution in [2.75, 3.05) is 20.2 Å². The zero-order chi connectivity index (χ0) is 12.5. The molecule has 2 nitrogen and oxygen atoms in total. The Morgan fingerprint density at radius 2 is 2.06 bits per heavy atom. The fourth-order valence-electron chi connectivity index (χ4n) is 1.78. The molecule has 1 rings (SSSR count). The van der Waals surface area contributed by atoms with E-state index < -0.39 is 0 Å². The molecular weight excluding hydrogens is 278 g/mol. The predicted molar refractivity (Wildman–Crippen MR) is 76.8 cm³/mol. The van der Waals surface area contributed by atoms with E-state index in [2.05, 4.69) is 39.4 Å². The summed E-state index contributed by atoms with van der Waals surface area (Å²) in [5, 5.41) is 3.17. The molecule has 0 radical (unpaired) electrons. The highest BCUT2D eigenvalue weighted by Crippen LogP contribution is 2.24. The van der Waals surface area contributed by atoms with Gasteiger partial charge in [0.15, 0.2) is 0 Å². The van der Waals surface area contributed by atoms with Crippen LogP contribution >= 0.6 is 15.9 Å². The molecule has 17 heavy (non-hydrogen) atoms. The summed E-state index contributed by atoms with van der Waals surface area (Å²) in [7, 11) is 2.00. The highest BCUT2D eigenvalue weighted by Gasteiger charge is 2.02. The summed E-state index contributed by atoms with van der Waals surface area (Å²) in [5.74, 6) is 0.943. The van der Waals surface area contributed by atoms with Gasteiger partial charge in [-0.25, -0.2) is 0 Å². The van der Waals surface area contributed by atoms with Gasteiger partial charge in [-0.15, -0.1) is 0 Å². The molecule has 0 amide bonds. The van der Waals surface area contributed by atoms with Crippen molar-refractivity contribution in [1.82, 2.24) is 5.32 Å². The van der Waals surface area contributed by atoms with Crippen LogP contribution in [0.3, 0.4) is 0 Å². The van der Waals surface area contributed by atoms with Gasteiger partial charge in [-0.1, -0.05) is 28.4 Å². The van der Waals surface area contributed by atoms with Crippen LogP contribution in [0.4, 0.5) is 0 Å². The Labute approximate surface area is 113 Å². The lowest BCUT2D eigenvalue weighted by Crippen LogP contribution is -2.07. The van der Waals surface area contributed by atoms with Gasteiger partial charge < -0.3 is 10.1 Å². The van der Waals surface area contributed by atoms with Crippen LogP contribution in [-0.4, -0.2) is 20.2 Å². The normalized spacial score (nSPS) is 10.5. The maximum Gasteiger partial charge on any atom is 0.120 e.